The molecule has 0 spiro atoms. The van der Waals surface area contributed by atoms with Gasteiger partial charge in [-0.15, -0.1) is 0 Å². The highest BCUT2D eigenvalue weighted by molar-refractivity contribution is 6.32. The molecule has 0 aliphatic rings. The van der Waals surface area contributed by atoms with E-state index in [1.807, 2.05) is 0 Å². The average molecular weight is 426 g/mol. The van der Waals surface area contributed by atoms with Gasteiger partial charge in [-0.2, -0.15) is 9.67 Å². The van der Waals surface area contributed by atoms with E-state index in [1.54, 1.807) is 31.3 Å². The number of nitrogens with zero attached hydrogens (tertiary/aromatic N) is 4. The Bertz CT molecular complexity index is 1050. The number of anilines is 2. The SMILES string of the molecule is C[n+]1c(Cl)cnc(C=Nc2n[nH]c(Nc3cccc(Cl)c3)c2C(N)=O)c1Cl. The van der Waals surface area contributed by atoms with Gasteiger partial charge in [0.15, 0.2) is 11.5 Å². The van der Waals surface area contributed by atoms with Gasteiger partial charge < -0.3 is 11.1 Å². The van der Waals surface area contributed by atoms with Gasteiger partial charge in [-0.05, 0) is 41.4 Å². The molecular weight excluding hydrogens is 413 g/mol. The molecule has 0 unspecified atom stereocenters. The molecule has 0 saturated heterocycles. The molecule has 0 fully saturated rings. The molecule has 11 heteroatoms. The molecule has 3 rings (SSSR count). The number of hydrogen-bond acceptors (Lipinski definition) is 5. The van der Waals surface area contributed by atoms with E-state index in [-0.39, 0.29) is 22.4 Å². The Labute approximate surface area is 169 Å². The van der Waals surface area contributed by atoms with Gasteiger partial charge in [-0.1, -0.05) is 17.7 Å². The first-order valence-electron chi connectivity index (χ1n) is 7.51. The van der Waals surface area contributed by atoms with Gasteiger partial charge in [0.05, 0.1) is 6.21 Å². The zero-order valence-corrected chi connectivity index (χ0v) is 16.1. The third-order valence-electron chi connectivity index (χ3n) is 3.53. The minimum Gasteiger partial charge on any atom is -0.365 e. The summed E-state index contributed by atoms with van der Waals surface area (Å²) in [5.74, 6) is -0.332. The van der Waals surface area contributed by atoms with Crippen molar-refractivity contribution < 1.29 is 9.36 Å². The molecular formula is C16H13Cl3N7O+. The van der Waals surface area contributed by atoms with Crippen molar-refractivity contribution >= 4 is 64.2 Å². The fourth-order valence-electron chi connectivity index (χ4n) is 2.20. The number of amides is 1. The lowest BCUT2D eigenvalue weighted by Gasteiger charge is -2.05. The number of nitrogens with one attached hydrogen (secondary N) is 2. The van der Waals surface area contributed by atoms with Crippen molar-refractivity contribution in [3.05, 3.63) is 57.0 Å². The Morgan fingerprint density at radius 2 is 2.15 bits per heavy atom. The van der Waals surface area contributed by atoms with Crippen molar-refractivity contribution in [2.24, 2.45) is 17.8 Å². The van der Waals surface area contributed by atoms with E-state index in [0.717, 1.165) is 0 Å². The van der Waals surface area contributed by atoms with Crippen molar-refractivity contribution in [1.29, 1.82) is 0 Å². The van der Waals surface area contributed by atoms with Crippen LogP contribution in [-0.4, -0.2) is 27.3 Å². The number of nitrogens with two attached hydrogens (primary N) is 1. The summed E-state index contributed by atoms with van der Waals surface area (Å²) in [6.07, 6.45) is 2.80. The summed E-state index contributed by atoms with van der Waals surface area (Å²) in [5, 5.41) is 10.9. The van der Waals surface area contributed by atoms with E-state index >= 15 is 0 Å². The van der Waals surface area contributed by atoms with E-state index in [9.17, 15) is 4.79 Å². The van der Waals surface area contributed by atoms with Gasteiger partial charge in [0.2, 0.25) is 0 Å². The predicted molar refractivity (Wildman–Crippen MR) is 105 cm³/mol. The lowest BCUT2D eigenvalue weighted by Crippen LogP contribution is -2.32. The van der Waals surface area contributed by atoms with Crippen LogP contribution in [0.4, 0.5) is 17.3 Å². The number of aromatic amines is 1. The number of carbonyl (C=O) groups excluding carboxylic acids is 1. The van der Waals surface area contributed by atoms with Crippen molar-refractivity contribution in [2.45, 2.75) is 0 Å². The van der Waals surface area contributed by atoms with E-state index < -0.39 is 5.91 Å². The van der Waals surface area contributed by atoms with Gasteiger partial charge in [0.25, 0.3) is 11.1 Å². The fraction of sp³-hybridized carbons (Fsp3) is 0.0625. The van der Waals surface area contributed by atoms with Crippen molar-refractivity contribution in [1.82, 2.24) is 15.2 Å². The maximum atomic E-state index is 11.9. The monoisotopic (exact) mass is 424 g/mol. The van der Waals surface area contributed by atoms with Gasteiger partial charge in [-0.25, -0.2) is 9.98 Å². The van der Waals surface area contributed by atoms with Gasteiger partial charge in [0, 0.05) is 10.7 Å². The first-order chi connectivity index (χ1) is 12.9. The molecule has 0 saturated carbocycles. The van der Waals surface area contributed by atoms with Crippen molar-refractivity contribution in [3.63, 3.8) is 0 Å². The molecule has 2 heterocycles. The Kier molecular flexibility index (Phi) is 5.59. The fourth-order valence-corrected chi connectivity index (χ4v) is 2.75. The molecule has 8 nitrogen and oxygen atoms in total. The summed E-state index contributed by atoms with van der Waals surface area (Å²) in [7, 11) is 1.68. The number of carbonyl (C=O) groups is 1. The minimum absolute atomic E-state index is 0.0840. The smallest absolute Gasteiger partial charge is 0.303 e. The lowest BCUT2D eigenvalue weighted by atomic mass is 10.2. The van der Waals surface area contributed by atoms with Crippen LogP contribution in [0.1, 0.15) is 16.1 Å². The van der Waals surface area contributed by atoms with Crippen LogP contribution < -0.4 is 15.6 Å². The molecule has 138 valence electrons. The number of primary amides is 1. The number of benzene rings is 1. The van der Waals surface area contributed by atoms with Crippen LogP contribution in [0.5, 0.6) is 0 Å². The summed E-state index contributed by atoms with van der Waals surface area (Å²) < 4.78 is 1.53. The van der Waals surface area contributed by atoms with E-state index in [0.29, 0.717) is 21.6 Å². The molecule has 3 aromatic rings. The molecule has 1 amide bonds. The zero-order chi connectivity index (χ0) is 19.6. The molecule has 1 aromatic carbocycles. The van der Waals surface area contributed by atoms with Crippen LogP contribution in [0.3, 0.4) is 0 Å². The molecule has 0 radical (unpaired) electrons. The highest BCUT2D eigenvalue weighted by atomic mass is 35.5. The standard InChI is InChI=1S/C16H12Cl3N7O/c1-26-11(18)7-21-10(13(26)19)6-22-15-12(14(20)27)16(25-24-15)23-9-4-2-3-8(17)5-9/h2-7,21H,1H3,(H2,20,27)/p+1. The summed E-state index contributed by atoms with van der Waals surface area (Å²) in [6.45, 7) is 0. The predicted octanol–water partition coefficient (Wildman–Crippen LogP) is 3.18. The topological polar surface area (TPSA) is 113 Å². The molecule has 2 aromatic heterocycles. The molecule has 4 N–H and O–H groups in total. The number of rotatable bonds is 5. The summed E-state index contributed by atoms with van der Waals surface area (Å²) in [5.41, 5.74) is 6.57. The maximum Gasteiger partial charge on any atom is 0.303 e. The molecule has 0 atom stereocenters. The number of aliphatic imine (C=N–C) groups is 1. The van der Waals surface area contributed by atoms with Crippen LogP contribution >= 0.6 is 34.8 Å². The van der Waals surface area contributed by atoms with Crippen LogP contribution in [0.15, 0.2) is 35.5 Å². The second kappa shape index (κ2) is 7.91. The minimum atomic E-state index is -0.707. The van der Waals surface area contributed by atoms with Gasteiger partial charge in [0.1, 0.15) is 24.6 Å². The molecule has 0 aliphatic heterocycles. The Morgan fingerprint density at radius 3 is 2.85 bits per heavy atom. The normalized spacial score (nSPS) is 11.1. The Hall–Kier alpha value is -2.68. The molecule has 0 bridgehead atoms. The third kappa shape index (κ3) is 4.19. The number of hydrogen-bond donors (Lipinski definition) is 3. The second-order valence-electron chi connectivity index (χ2n) is 5.37. The summed E-state index contributed by atoms with van der Waals surface area (Å²) >= 11 is 18.1. The van der Waals surface area contributed by atoms with E-state index in [1.165, 1.54) is 17.0 Å². The van der Waals surface area contributed by atoms with E-state index in [4.69, 9.17) is 40.5 Å². The zero-order valence-electron chi connectivity index (χ0n) is 13.9. The van der Waals surface area contributed by atoms with Crippen LogP contribution in [0.25, 0.3) is 0 Å². The summed E-state index contributed by atoms with van der Waals surface area (Å²) in [4.78, 5) is 20.2. The Morgan fingerprint density at radius 1 is 1.37 bits per heavy atom. The highest BCUT2D eigenvalue weighted by Gasteiger charge is 2.19. The second-order valence-corrected chi connectivity index (χ2v) is 6.55. The van der Waals surface area contributed by atoms with Crippen LogP contribution in [0, 0.1) is 0 Å². The number of H-pyrrole nitrogens is 1. The first kappa shape index (κ1) is 19.1. The van der Waals surface area contributed by atoms with Crippen LogP contribution in [-0.2, 0) is 7.05 Å². The Balaban J connectivity index is 1.94. The average Bonchev–Trinajstić information content (AvgIpc) is 3.02. The van der Waals surface area contributed by atoms with Crippen molar-refractivity contribution in [2.75, 3.05) is 5.32 Å². The lowest BCUT2D eigenvalue weighted by molar-refractivity contribution is -0.667. The molecule has 27 heavy (non-hydrogen) atoms. The van der Waals surface area contributed by atoms with Gasteiger partial charge >= 0.3 is 5.15 Å². The number of halogens is 3. The summed E-state index contributed by atoms with van der Waals surface area (Å²) in [6, 6.07) is 6.96. The maximum absolute atomic E-state index is 11.9. The van der Waals surface area contributed by atoms with Crippen molar-refractivity contribution in [3.8, 4) is 0 Å². The molecule has 0 aliphatic carbocycles. The quantitative estimate of drug-likeness (QED) is 0.430. The third-order valence-corrected chi connectivity index (χ3v) is 4.57. The van der Waals surface area contributed by atoms with Gasteiger partial charge in [-0.3, -0.25) is 9.89 Å². The highest BCUT2D eigenvalue weighted by Crippen LogP contribution is 2.27. The number of aromatic nitrogens is 4. The van der Waals surface area contributed by atoms with E-state index in [2.05, 4.69) is 25.5 Å². The van der Waals surface area contributed by atoms with Crippen LogP contribution in [0.2, 0.25) is 15.3 Å². The first-order valence-corrected chi connectivity index (χ1v) is 8.65. The largest absolute Gasteiger partial charge is 0.365 e.